The number of nitrogens with zero attached hydrogens (tertiary/aromatic N) is 1. The predicted molar refractivity (Wildman–Crippen MR) is 142 cm³/mol. The Hall–Kier alpha value is -1.24. The normalized spacial score (nSPS) is 27.5. The van der Waals surface area contributed by atoms with Crippen molar-refractivity contribution in [3.8, 4) is 0 Å². The van der Waals surface area contributed by atoms with Crippen LogP contribution in [-0.4, -0.2) is 53.0 Å². The third kappa shape index (κ3) is 7.39. The first-order valence-electron chi connectivity index (χ1n) is 13.0. The lowest BCUT2D eigenvalue weighted by atomic mass is 9.88. The van der Waals surface area contributed by atoms with Gasteiger partial charge in [-0.3, -0.25) is 0 Å². The smallest absolute Gasteiger partial charge is 0.348 e. The van der Waals surface area contributed by atoms with Gasteiger partial charge in [-0.15, -0.1) is 11.3 Å². The van der Waals surface area contributed by atoms with Gasteiger partial charge in [0.15, 0.2) is 14.6 Å². The molecule has 8 heteroatoms. The highest BCUT2D eigenvalue weighted by Crippen LogP contribution is 2.43. The molecule has 1 saturated carbocycles. The van der Waals surface area contributed by atoms with Crippen molar-refractivity contribution in [3.63, 3.8) is 0 Å². The van der Waals surface area contributed by atoms with E-state index in [9.17, 15) is 4.79 Å². The first kappa shape index (κ1) is 28.3. The fourth-order valence-electron chi connectivity index (χ4n) is 4.86. The summed E-state index contributed by atoms with van der Waals surface area (Å²) in [6, 6.07) is 3.81. The molecule has 35 heavy (non-hydrogen) atoms. The lowest BCUT2D eigenvalue weighted by Crippen LogP contribution is -2.44. The van der Waals surface area contributed by atoms with E-state index in [-0.39, 0.29) is 41.3 Å². The van der Waals surface area contributed by atoms with Gasteiger partial charge in [-0.25, -0.2) is 11.4 Å². The molecule has 6 nitrogen and oxygen atoms in total. The van der Waals surface area contributed by atoms with Gasteiger partial charge in [0, 0.05) is 36.3 Å². The Bertz CT molecular complexity index is 868. The highest BCUT2D eigenvalue weighted by atomic mass is 32.1. The Labute approximate surface area is 216 Å². The minimum atomic E-state index is -1.92. The van der Waals surface area contributed by atoms with Crippen molar-refractivity contribution in [1.29, 1.82) is 0 Å². The zero-order chi connectivity index (χ0) is 25.6. The molecular weight excluding hydrogens is 478 g/mol. The van der Waals surface area contributed by atoms with Crippen LogP contribution in [-0.2, 0) is 25.1 Å². The molecule has 1 aliphatic heterocycles. The van der Waals surface area contributed by atoms with Gasteiger partial charge in [-0.1, -0.05) is 20.8 Å². The third-order valence-electron chi connectivity index (χ3n) is 8.08. The molecule has 2 heterocycles. The van der Waals surface area contributed by atoms with Crippen LogP contribution in [0.5, 0.6) is 0 Å². The van der Waals surface area contributed by atoms with Gasteiger partial charge in [-0.2, -0.15) is 0 Å². The summed E-state index contributed by atoms with van der Waals surface area (Å²) in [5.41, 5.74) is 0. The quantitative estimate of drug-likeness (QED) is 0.194. The number of esters is 1. The van der Waals surface area contributed by atoms with Crippen LogP contribution in [0.25, 0.3) is 4.85 Å². The molecule has 1 aromatic rings. The molecule has 2 fully saturated rings. The van der Waals surface area contributed by atoms with E-state index in [1.807, 2.05) is 12.1 Å². The summed E-state index contributed by atoms with van der Waals surface area (Å²) in [6.07, 6.45) is 6.58. The molecule has 5 atom stereocenters. The van der Waals surface area contributed by atoms with Crippen LogP contribution in [0.4, 0.5) is 0 Å². The molecule has 0 N–H and O–H groups in total. The van der Waals surface area contributed by atoms with Crippen LogP contribution < -0.4 is 0 Å². The number of hydrogen-bond acceptors (Lipinski definition) is 6. The van der Waals surface area contributed by atoms with Crippen molar-refractivity contribution in [2.45, 2.75) is 102 Å². The minimum absolute atomic E-state index is 0.000340. The largest absolute Gasteiger partial charge is 0.465 e. The van der Waals surface area contributed by atoms with Gasteiger partial charge in [-0.05, 0) is 68.8 Å². The van der Waals surface area contributed by atoms with Crippen molar-refractivity contribution in [2.75, 3.05) is 20.3 Å². The standard InChI is InChI=1S/C27H43NO5SSi/c1-27(2,3)35(6,7)32-18-21-20(12-10-11-19-14-15-24(34-19)26(29)30-5)22(28-4)17-23(21)33-25-13-8-9-16-31-25/h14-15,20-23,25H,8-13,16-18H2,1-3,5-7H3/t20-,21-,22-,23-,25?/m1/s1. The van der Waals surface area contributed by atoms with E-state index in [0.29, 0.717) is 11.5 Å². The molecule has 0 amide bonds. The number of hydrogen-bond donors (Lipinski definition) is 0. The fourth-order valence-corrected chi connectivity index (χ4v) is 6.87. The summed E-state index contributed by atoms with van der Waals surface area (Å²) in [5, 5.41) is 0.139. The Kier molecular flexibility index (Phi) is 9.98. The van der Waals surface area contributed by atoms with Crippen LogP contribution >= 0.6 is 11.3 Å². The van der Waals surface area contributed by atoms with Crippen molar-refractivity contribution in [3.05, 3.63) is 33.3 Å². The second kappa shape index (κ2) is 12.3. The van der Waals surface area contributed by atoms with Crippen LogP contribution in [0.1, 0.15) is 73.8 Å². The minimum Gasteiger partial charge on any atom is -0.465 e. The Morgan fingerprint density at radius 1 is 1.26 bits per heavy atom. The van der Waals surface area contributed by atoms with Gasteiger partial charge in [0.25, 0.3) is 0 Å². The number of thiophene rings is 1. The summed E-state index contributed by atoms with van der Waals surface area (Å²) in [5.74, 6) is 0.159. The Balaban J connectivity index is 1.69. The second-order valence-corrected chi connectivity index (χ2v) is 17.4. The molecule has 1 aromatic heterocycles. The zero-order valence-electron chi connectivity index (χ0n) is 22.3. The number of carbonyl (C=O) groups is 1. The lowest BCUT2D eigenvalue weighted by Gasteiger charge is -2.38. The molecular formula is C27H43NO5SSi. The van der Waals surface area contributed by atoms with Gasteiger partial charge in [0.2, 0.25) is 6.04 Å². The predicted octanol–water partition coefficient (Wildman–Crippen LogP) is 6.71. The molecule has 0 bridgehead atoms. The number of methoxy groups -OCH3 is 1. The molecule has 0 radical (unpaired) electrons. The van der Waals surface area contributed by atoms with Crippen LogP contribution in [0.15, 0.2) is 12.1 Å². The van der Waals surface area contributed by atoms with E-state index in [2.05, 4.69) is 38.7 Å². The molecule has 2 aliphatic rings. The SMILES string of the molecule is [C-]#[N+][C@@H]1C[C@@H](OC2CCCCO2)[C@H](CO[Si](C)(C)C(C)(C)C)[C@H]1CCCc1ccc(C(=O)OC)s1. The Morgan fingerprint density at radius 3 is 2.66 bits per heavy atom. The van der Waals surface area contributed by atoms with E-state index < -0.39 is 8.32 Å². The summed E-state index contributed by atoms with van der Waals surface area (Å²) in [6.45, 7) is 20.7. The molecule has 1 saturated heterocycles. The molecule has 1 aliphatic carbocycles. The first-order chi connectivity index (χ1) is 16.6. The van der Waals surface area contributed by atoms with Gasteiger partial charge >= 0.3 is 5.97 Å². The van der Waals surface area contributed by atoms with Crippen molar-refractivity contribution < 1.29 is 23.4 Å². The van der Waals surface area contributed by atoms with Crippen LogP contribution in [0, 0.1) is 18.4 Å². The maximum absolute atomic E-state index is 11.8. The average Bonchev–Trinajstić information content (AvgIpc) is 3.42. The van der Waals surface area contributed by atoms with E-state index in [0.717, 1.165) is 51.6 Å². The van der Waals surface area contributed by atoms with Crippen LogP contribution in [0.3, 0.4) is 0 Å². The number of ether oxygens (including phenoxy) is 3. The average molecular weight is 522 g/mol. The summed E-state index contributed by atoms with van der Waals surface area (Å²) >= 11 is 1.50. The maximum Gasteiger partial charge on any atom is 0.348 e. The number of carbonyl (C=O) groups excluding carboxylic acids is 1. The van der Waals surface area contributed by atoms with E-state index in [1.54, 1.807) is 0 Å². The summed E-state index contributed by atoms with van der Waals surface area (Å²) in [4.78, 5) is 17.6. The van der Waals surface area contributed by atoms with Crippen molar-refractivity contribution in [1.82, 2.24) is 0 Å². The zero-order valence-corrected chi connectivity index (χ0v) is 24.1. The third-order valence-corrected chi connectivity index (χ3v) is 13.7. The fraction of sp³-hybridized carbons (Fsp3) is 0.778. The summed E-state index contributed by atoms with van der Waals surface area (Å²) in [7, 11) is -0.506. The maximum atomic E-state index is 11.8. The van der Waals surface area contributed by atoms with Crippen LogP contribution in [0.2, 0.25) is 18.1 Å². The van der Waals surface area contributed by atoms with Crippen molar-refractivity contribution >= 4 is 25.6 Å². The Morgan fingerprint density at radius 2 is 2.03 bits per heavy atom. The van der Waals surface area contributed by atoms with E-state index in [4.69, 9.17) is 25.2 Å². The van der Waals surface area contributed by atoms with E-state index >= 15 is 0 Å². The lowest BCUT2D eigenvalue weighted by molar-refractivity contribution is -0.197. The highest BCUT2D eigenvalue weighted by molar-refractivity contribution is 7.13. The molecule has 196 valence electrons. The number of aryl methyl sites for hydroxylation is 1. The first-order valence-corrected chi connectivity index (χ1v) is 16.7. The second-order valence-electron chi connectivity index (χ2n) is 11.5. The van der Waals surface area contributed by atoms with Crippen molar-refractivity contribution in [2.24, 2.45) is 11.8 Å². The monoisotopic (exact) mass is 521 g/mol. The topological polar surface area (TPSA) is 58.3 Å². The van der Waals surface area contributed by atoms with E-state index in [1.165, 1.54) is 23.3 Å². The van der Waals surface area contributed by atoms with Gasteiger partial charge < -0.3 is 23.5 Å². The molecule has 1 unspecified atom stereocenters. The highest BCUT2D eigenvalue weighted by Gasteiger charge is 2.49. The number of rotatable bonds is 10. The molecule has 3 rings (SSSR count). The van der Waals surface area contributed by atoms with Gasteiger partial charge in [0.1, 0.15) is 4.88 Å². The summed E-state index contributed by atoms with van der Waals surface area (Å²) < 4.78 is 23.9. The van der Waals surface area contributed by atoms with Gasteiger partial charge in [0.05, 0.1) is 13.2 Å². The molecule has 0 spiro atoms. The molecule has 0 aromatic carbocycles.